The van der Waals surface area contributed by atoms with E-state index in [1.807, 2.05) is 51.1 Å². The lowest BCUT2D eigenvalue weighted by Gasteiger charge is -2.23. The lowest BCUT2D eigenvalue weighted by molar-refractivity contribution is 0.242. The van der Waals surface area contributed by atoms with Crippen molar-refractivity contribution in [3.05, 3.63) is 53.3 Å². The highest BCUT2D eigenvalue weighted by Gasteiger charge is 2.13. The van der Waals surface area contributed by atoms with Crippen LogP contribution in [0.2, 0.25) is 0 Å². The van der Waals surface area contributed by atoms with E-state index >= 15 is 0 Å². The van der Waals surface area contributed by atoms with E-state index in [1.54, 1.807) is 0 Å². The van der Waals surface area contributed by atoms with Gasteiger partial charge in [0.1, 0.15) is 17.6 Å². The van der Waals surface area contributed by atoms with E-state index in [9.17, 15) is 5.26 Å². The van der Waals surface area contributed by atoms with Crippen molar-refractivity contribution < 1.29 is 4.74 Å². The van der Waals surface area contributed by atoms with E-state index in [1.165, 1.54) is 0 Å². The predicted octanol–water partition coefficient (Wildman–Crippen LogP) is 5.99. The van der Waals surface area contributed by atoms with Gasteiger partial charge < -0.3 is 14.6 Å². The first-order valence-electron chi connectivity index (χ1n) is 10.1. The van der Waals surface area contributed by atoms with Gasteiger partial charge in [-0.25, -0.2) is 4.98 Å². The van der Waals surface area contributed by atoms with Crippen molar-refractivity contribution in [2.24, 2.45) is 0 Å². The van der Waals surface area contributed by atoms with Crippen molar-refractivity contribution in [2.45, 2.75) is 40.7 Å². The number of imidazole rings is 1. The van der Waals surface area contributed by atoms with E-state index in [4.69, 9.17) is 4.74 Å². The van der Waals surface area contributed by atoms with Crippen molar-refractivity contribution >= 4 is 40.8 Å². The van der Waals surface area contributed by atoms with Crippen molar-refractivity contribution in [1.29, 1.82) is 5.26 Å². The summed E-state index contributed by atoms with van der Waals surface area (Å²) in [5, 5.41) is 9.78. The van der Waals surface area contributed by atoms with E-state index in [0.29, 0.717) is 11.4 Å². The molecule has 0 aliphatic heterocycles. The van der Waals surface area contributed by atoms with Crippen LogP contribution in [-0.2, 0) is 0 Å². The molecule has 3 aromatic rings. The van der Waals surface area contributed by atoms with Crippen LogP contribution in [-0.4, -0.2) is 29.2 Å². The van der Waals surface area contributed by atoms with Crippen LogP contribution in [0.25, 0.3) is 22.7 Å². The summed E-state index contributed by atoms with van der Waals surface area (Å²) in [5.41, 5.74) is 5.38. The first kappa shape index (κ1) is 23.3. The zero-order chi connectivity index (χ0) is 21.0. The van der Waals surface area contributed by atoms with Gasteiger partial charge in [0.25, 0.3) is 0 Å². The SMILES string of the molecule is CCN(CC)c1ccc(/C=C(\C#N)c2nc3ccc(C)cc3[nH]2)c(OC(C)C)c1.Cl. The van der Waals surface area contributed by atoms with Crippen molar-refractivity contribution in [3.8, 4) is 11.8 Å². The molecule has 1 aromatic heterocycles. The molecule has 0 bridgehead atoms. The Bertz CT molecular complexity index is 1070. The van der Waals surface area contributed by atoms with Gasteiger partial charge in [0, 0.05) is 30.4 Å². The molecule has 1 N–H and O–H groups in total. The fraction of sp³-hybridized carbons (Fsp3) is 0.333. The molecule has 1 heterocycles. The highest BCUT2D eigenvalue weighted by Crippen LogP contribution is 2.30. The minimum atomic E-state index is 0. The number of H-pyrrole nitrogens is 1. The number of ether oxygens (including phenoxy) is 1. The number of nitriles is 1. The van der Waals surface area contributed by atoms with Crippen LogP contribution in [0, 0.1) is 18.3 Å². The zero-order valence-electron chi connectivity index (χ0n) is 18.2. The Labute approximate surface area is 184 Å². The molecule has 0 atom stereocenters. The van der Waals surface area contributed by atoms with Gasteiger partial charge in [-0.15, -0.1) is 12.4 Å². The summed E-state index contributed by atoms with van der Waals surface area (Å²) in [4.78, 5) is 10.1. The molecule has 0 aliphatic carbocycles. The van der Waals surface area contributed by atoms with Crippen LogP contribution in [0.5, 0.6) is 5.75 Å². The average Bonchev–Trinajstić information content (AvgIpc) is 3.10. The summed E-state index contributed by atoms with van der Waals surface area (Å²) in [7, 11) is 0. The fourth-order valence-electron chi connectivity index (χ4n) is 3.34. The average molecular weight is 425 g/mol. The number of anilines is 1. The van der Waals surface area contributed by atoms with Gasteiger partial charge in [0.2, 0.25) is 0 Å². The molecular formula is C24H29ClN4O. The molecule has 30 heavy (non-hydrogen) atoms. The van der Waals surface area contributed by atoms with Gasteiger partial charge in [-0.2, -0.15) is 5.26 Å². The maximum absolute atomic E-state index is 9.78. The molecule has 0 fully saturated rings. The number of aromatic amines is 1. The summed E-state index contributed by atoms with van der Waals surface area (Å²) in [6, 6.07) is 14.4. The van der Waals surface area contributed by atoms with Crippen LogP contribution in [0.4, 0.5) is 5.69 Å². The topological polar surface area (TPSA) is 64.9 Å². The quantitative estimate of drug-likeness (QED) is 0.473. The van der Waals surface area contributed by atoms with Crippen LogP contribution in [0.3, 0.4) is 0 Å². The minimum Gasteiger partial charge on any atom is -0.490 e. The summed E-state index contributed by atoms with van der Waals surface area (Å²) in [5.74, 6) is 1.33. The Morgan fingerprint density at radius 3 is 2.57 bits per heavy atom. The van der Waals surface area contributed by atoms with Gasteiger partial charge >= 0.3 is 0 Å². The normalized spacial score (nSPS) is 11.3. The maximum Gasteiger partial charge on any atom is 0.149 e. The summed E-state index contributed by atoms with van der Waals surface area (Å²) in [6.45, 7) is 12.2. The van der Waals surface area contributed by atoms with E-state index in [0.717, 1.165) is 46.7 Å². The highest BCUT2D eigenvalue weighted by atomic mass is 35.5. The molecular weight excluding hydrogens is 396 g/mol. The Hall–Kier alpha value is -2.97. The number of nitrogens with one attached hydrogen (secondary N) is 1. The number of hydrogen-bond acceptors (Lipinski definition) is 4. The number of fused-ring (bicyclic) bond motifs is 1. The van der Waals surface area contributed by atoms with Gasteiger partial charge in [-0.3, -0.25) is 0 Å². The first-order valence-corrected chi connectivity index (χ1v) is 10.1. The summed E-state index contributed by atoms with van der Waals surface area (Å²) in [6.07, 6.45) is 1.88. The molecule has 2 aromatic carbocycles. The van der Waals surface area contributed by atoms with Gasteiger partial charge in [-0.1, -0.05) is 6.07 Å². The predicted molar refractivity (Wildman–Crippen MR) is 127 cm³/mol. The number of halogens is 1. The second-order valence-electron chi connectivity index (χ2n) is 7.34. The van der Waals surface area contributed by atoms with Crippen molar-refractivity contribution in [2.75, 3.05) is 18.0 Å². The molecule has 3 rings (SSSR count). The molecule has 6 heteroatoms. The molecule has 0 unspecified atom stereocenters. The second kappa shape index (κ2) is 10.2. The monoisotopic (exact) mass is 424 g/mol. The number of benzene rings is 2. The minimum absolute atomic E-state index is 0. The van der Waals surface area contributed by atoms with Gasteiger partial charge in [0.05, 0.1) is 22.7 Å². The molecule has 0 aliphatic rings. The molecule has 0 spiro atoms. The van der Waals surface area contributed by atoms with Crippen molar-refractivity contribution in [3.63, 3.8) is 0 Å². The van der Waals surface area contributed by atoms with Crippen molar-refractivity contribution in [1.82, 2.24) is 9.97 Å². The zero-order valence-corrected chi connectivity index (χ0v) is 19.0. The summed E-state index contributed by atoms with van der Waals surface area (Å²) < 4.78 is 6.07. The van der Waals surface area contributed by atoms with Gasteiger partial charge in [-0.05, 0) is 70.5 Å². The Kier molecular flexibility index (Phi) is 7.91. The van der Waals surface area contributed by atoms with E-state index in [-0.39, 0.29) is 18.5 Å². The van der Waals surface area contributed by atoms with Gasteiger partial charge in [0.15, 0.2) is 0 Å². The van der Waals surface area contributed by atoms with E-state index in [2.05, 4.69) is 46.9 Å². The summed E-state index contributed by atoms with van der Waals surface area (Å²) >= 11 is 0. The largest absolute Gasteiger partial charge is 0.490 e. The molecule has 0 amide bonds. The Morgan fingerprint density at radius 2 is 1.93 bits per heavy atom. The lowest BCUT2D eigenvalue weighted by atomic mass is 10.1. The Balaban J connectivity index is 0.00000320. The number of allylic oxidation sites excluding steroid dienone is 1. The third-order valence-corrected chi connectivity index (χ3v) is 4.80. The molecule has 5 nitrogen and oxygen atoms in total. The number of rotatable bonds is 7. The number of aromatic nitrogens is 2. The third-order valence-electron chi connectivity index (χ3n) is 4.80. The number of nitrogens with zero attached hydrogens (tertiary/aromatic N) is 3. The molecule has 0 saturated carbocycles. The Morgan fingerprint density at radius 1 is 1.20 bits per heavy atom. The van der Waals surface area contributed by atoms with Crippen LogP contribution < -0.4 is 9.64 Å². The molecule has 0 saturated heterocycles. The van der Waals surface area contributed by atoms with Crippen LogP contribution >= 0.6 is 12.4 Å². The number of hydrogen-bond donors (Lipinski definition) is 1. The van der Waals surface area contributed by atoms with Crippen LogP contribution in [0.1, 0.15) is 44.6 Å². The third kappa shape index (κ3) is 5.14. The van der Waals surface area contributed by atoms with E-state index < -0.39 is 0 Å². The maximum atomic E-state index is 9.78. The number of aryl methyl sites for hydroxylation is 1. The fourth-order valence-corrected chi connectivity index (χ4v) is 3.34. The molecule has 0 radical (unpaired) electrons. The highest BCUT2D eigenvalue weighted by molar-refractivity contribution is 5.91. The van der Waals surface area contributed by atoms with Crippen LogP contribution in [0.15, 0.2) is 36.4 Å². The lowest BCUT2D eigenvalue weighted by Crippen LogP contribution is -2.21. The first-order chi connectivity index (χ1) is 13.9. The smallest absolute Gasteiger partial charge is 0.149 e. The standard InChI is InChI=1S/C24H28N4O.ClH/c1-6-28(7-2)20-10-9-18(23(14-20)29-16(3)4)13-19(15-25)24-26-21-11-8-17(5)12-22(21)27-24;/h8-14,16H,6-7H2,1-5H3,(H,26,27);1H/b19-13+;. The second-order valence-corrected chi connectivity index (χ2v) is 7.34. The molecule has 158 valence electrons.